The molecule has 1 aliphatic heterocycles. The number of halogens is 1. The second-order valence-corrected chi connectivity index (χ2v) is 4.64. The van der Waals surface area contributed by atoms with Crippen LogP contribution in [0.15, 0.2) is 18.2 Å². The van der Waals surface area contributed by atoms with E-state index in [0.717, 1.165) is 5.69 Å². The zero-order valence-corrected chi connectivity index (χ0v) is 11.5. The maximum atomic E-state index is 9.39. The largest absolute Gasteiger partial charge is 0.493 e. The standard InChI is InChI=1S/C13H18ClNO4/c1-17-13-4-9(15-6-10(16)5-14)2-3-12(13)19-11-7-18-8-11/h2-4,10-11,15-16H,5-8H2,1H3. The average molecular weight is 288 g/mol. The van der Waals surface area contributed by atoms with E-state index >= 15 is 0 Å². The summed E-state index contributed by atoms with van der Waals surface area (Å²) in [5.41, 5.74) is 0.846. The van der Waals surface area contributed by atoms with E-state index in [1.54, 1.807) is 7.11 Å². The van der Waals surface area contributed by atoms with Crippen LogP contribution in [0.3, 0.4) is 0 Å². The molecule has 0 aliphatic carbocycles. The molecule has 2 rings (SSSR count). The summed E-state index contributed by atoms with van der Waals surface area (Å²) in [5.74, 6) is 1.55. The summed E-state index contributed by atoms with van der Waals surface area (Å²) >= 11 is 5.54. The maximum absolute atomic E-state index is 9.39. The number of ether oxygens (including phenoxy) is 3. The third kappa shape index (κ3) is 3.89. The fourth-order valence-corrected chi connectivity index (χ4v) is 1.74. The lowest BCUT2D eigenvalue weighted by atomic mass is 10.2. The van der Waals surface area contributed by atoms with Crippen molar-refractivity contribution >= 4 is 17.3 Å². The summed E-state index contributed by atoms with van der Waals surface area (Å²) in [6, 6.07) is 5.54. The van der Waals surface area contributed by atoms with Gasteiger partial charge < -0.3 is 24.6 Å². The van der Waals surface area contributed by atoms with Gasteiger partial charge in [0.15, 0.2) is 11.5 Å². The highest BCUT2D eigenvalue weighted by Gasteiger charge is 2.21. The number of hydrogen-bond donors (Lipinski definition) is 2. The molecule has 1 aromatic carbocycles. The van der Waals surface area contributed by atoms with Gasteiger partial charge in [-0.05, 0) is 12.1 Å². The molecular formula is C13H18ClNO4. The van der Waals surface area contributed by atoms with Crippen molar-refractivity contribution in [1.29, 1.82) is 0 Å². The molecule has 106 valence electrons. The summed E-state index contributed by atoms with van der Waals surface area (Å²) in [4.78, 5) is 0. The van der Waals surface area contributed by atoms with Gasteiger partial charge in [0.2, 0.25) is 0 Å². The molecule has 1 aromatic rings. The Labute approximate surface area is 117 Å². The van der Waals surface area contributed by atoms with Gasteiger partial charge in [-0.15, -0.1) is 11.6 Å². The number of aliphatic hydroxyl groups is 1. The van der Waals surface area contributed by atoms with E-state index in [1.807, 2.05) is 18.2 Å². The van der Waals surface area contributed by atoms with Crippen LogP contribution in [0.5, 0.6) is 11.5 Å². The van der Waals surface area contributed by atoms with Gasteiger partial charge in [0.25, 0.3) is 0 Å². The molecule has 1 unspecified atom stereocenters. The van der Waals surface area contributed by atoms with E-state index in [2.05, 4.69) is 5.32 Å². The first-order valence-electron chi connectivity index (χ1n) is 6.13. The number of aliphatic hydroxyl groups excluding tert-OH is 1. The van der Waals surface area contributed by atoms with Crippen LogP contribution < -0.4 is 14.8 Å². The Kier molecular flexibility index (Phi) is 5.13. The lowest BCUT2D eigenvalue weighted by molar-refractivity contribution is -0.0803. The first-order chi connectivity index (χ1) is 9.22. The molecule has 0 saturated carbocycles. The van der Waals surface area contributed by atoms with Crippen LogP contribution in [0.4, 0.5) is 5.69 Å². The zero-order valence-electron chi connectivity index (χ0n) is 10.8. The molecule has 1 aliphatic rings. The predicted molar refractivity (Wildman–Crippen MR) is 73.4 cm³/mol. The molecule has 0 bridgehead atoms. The Morgan fingerprint density at radius 1 is 1.47 bits per heavy atom. The lowest BCUT2D eigenvalue weighted by Crippen LogP contribution is -2.38. The zero-order chi connectivity index (χ0) is 13.7. The van der Waals surface area contributed by atoms with E-state index in [1.165, 1.54) is 0 Å². The Morgan fingerprint density at radius 3 is 2.84 bits per heavy atom. The van der Waals surface area contributed by atoms with Crippen molar-refractivity contribution in [3.05, 3.63) is 18.2 Å². The first-order valence-corrected chi connectivity index (χ1v) is 6.66. The number of methoxy groups -OCH3 is 1. The normalized spacial score (nSPS) is 16.6. The van der Waals surface area contributed by atoms with Gasteiger partial charge in [-0.3, -0.25) is 0 Å². The highest BCUT2D eigenvalue weighted by atomic mass is 35.5. The van der Waals surface area contributed by atoms with E-state index in [-0.39, 0.29) is 12.0 Å². The number of anilines is 1. The third-order valence-electron chi connectivity index (χ3n) is 2.78. The first kappa shape index (κ1) is 14.2. The van der Waals surface area contributed by atoms with Gasteiger partial charge in [0.1, 0.15) is 6.10 Å². The molecular weight excluding hydrogens is 270 g/mol. The molecule has 0 aromatic heterocycles. The molecule has 0 radical (unpaired) electrons. The number of hydrogen-bond acceptors (Lipinski definition) is 5. The molecule has 1 heterocycles. The number of rotatable bonds is 7. The summed E-state index contributed by atoms with van der Waals surface area (Å²) in [6.07, 6.45) is -0.471. The van der Waals surface area contributed by atoms with Crippen molar-refractivity contribution in [2.45, 2.75) is 12.2 Å². The number of nitrogens with one attached hydrogen (secondary N) is 1. The third-order valence-corrected chi connectivity index (χ3v) is 3.14. The monoisotopic (exact) mass is 287 g/mol. The second kappa shape index (κ2) is 6.84. The summed E-state index contributed by atoms with van der Waals surface area (Å²) < 4.78 is 16.1. The highest BCUT2D eigenvalue weighted by Crippen LogP contribution is 2.31. The fourth-order valence-electron chi connectivity index (χ4n) is 1.63. The summed E-state index contributed by atoms with van der Waals surface area (Å²) in [5, 5.41) is 12.5. The fraction of sp³-hybridized carbons (Fsp3) is 0.538. The van der Waals surface area contributed by atoms with E-state index in [4.69, 9.17) is 25.8 Å². The number of benzene rings is 1. The molecule has 19 heavy (non-hydrogen) atoms. The van der Waals surface area contributed by atoms with Crippen molar-refractivity contribution < 1.29 is 19.3 Å². The van der Waals surface area contributed by atoms with Gasteiger partial charge >= 0.3 is 0 Å². The van der Waals surface area contributed by atoms with Crippen LogP contribution in [0, 0.1) is 0 Å². The van der Waals surface area contributed by atoms with Gasteiger partial charge in [0, 0.05) is 18.3 Å². The highest BCUT2D eigenvalue weighted by molar-refractivity contribution is 6.18. The molecule has 6 heteroatoms. The molecule has 0 amide bonds. The van der Waals surface area contributed by atoms with Crippen LogP contribution >= 0.6 is 11.6 Å². The SMILES string of the molecule is COc1cc(NCC(O)CCl)ccc1OC1COC1. The van der Waals surface area contributed by atoms with Crippen LogP contribution in [0.2, 0.25) is 0 Å². The number of alkyl halides is 1. The van der Waals surface area contributed by atoms with Crippen molar-refractivity contribution in [1.82, 2.24) is 0 Å². The predicted octanol–water partition coefficient (Wildman–Crippen LogP) is 1.48. The average Bonchev–Trinajstić information content (AvgIpc) is 2.40. The van der Waals surface area contributed by atoms with Crippen LogP contribution in [-0.2, 0) is 4.74 Å². The van der Waals surface area contributed by atoms with Gasteiger partial charge in [-0.25, -0.2) is 0 Å². The van der Waals surface area contributed by atoms with Crippen LogP contribution in [0.1, 0.15) is 0 Å². The van der Waals surface area contributed by atoms with Crippen molar-refractivity contribution in [2.24, 2.45) is 0 Å². The van der Waals surface area contributed by atoms with Crippen molar-refractivity contribution in [2.75, 3.05) is 38.1 Å². The van der Waals surface area contributed by atoms with Crippen molar-refractivity contribution in [3.63, 3.8) is 0 Å². The molecule has 5 nitrogen and oxygen atoms in total. The van der Waals surface area contributed by atoms with Gasteiger partial charge in [0.05, 0.1) is 32.3 Å². The molecule has 1 atom stereocenters. The summed E-state index contributed by atoms with van der Waals surface area (Å²) in [7, 11) is 1.59. The minimum absolute atomic E-state index is 0.103. The quantitative estimate of drug-likeness (QED) is 0.744. The molecule has 1 fully saturated rings. The summed E-state index contributed by atoms with van der Waals surface area (Å²) in [6.45, 7) is 1.62. The minimum atomic E-state index is -0.573. The Bertz CT molecular complexity index is 412. The molecule has 0 spiro atoms. The molecule has 1 saturated heterocycles. The van der Waals surface area contributed by atoms with Crippen LogP contribution in [-0.4, -0.2) is 50.1 Å². The van der Waals surface area contributed by atoms with Crippen molar-refractivity contribution in [3.8, 4) is 11.5 Å². The van der Waals surface area contributed by atoms with E-state index in [0.29, 0.717) is 31.3 Å². The van der Waals surface area contributed by atoms with Gasteiger partial charge in [-0.2, -0.15) is 0 Å². The Morgan fingerprint density at radius 2 is 2.26 bits per heavy atom. The van der Waals surface area contributed by atoms with Crippen LogP contribution in [0.25, 0.3) is 0 Å². The van der Waals surface area contributed by atoms with E-state index in [9.17, 15) is 5.11 Å². The smallest absolute Gasteiger partial charge is 0.162 e. The lowest BCUT2D eigenvalue weighted by Gasteiger charge is -2.27. The minimum Gasteiger partial charge on any atom is -0.493 e. The topological polar surface area (TPSA) is 60.0 Å². The Balaban J connectivity index is 1.98. The second-order valence-electron chi connectivity index (χ2n) is 4.33. The maximum Gasteiger partial charge on any atom is 0.162 e. The molecule has 2 N–H and O–H groups in total. The van der Waals surface area contributed by atoms with E-state index < -0.39 is 6.10 Å². The Hall–Kier alpha value is -1.17. The van der Waals surface area contributed by atoms with Gasteiger partial charge in [-0.1, -0.05) is 0 Å².